The molecule has 4 heteroatoms. The molecular weight excluding hydrogens is 598 g/mol. The second-order valence-electron chi connectivity index (χ2n) is 12.2. The first-order valence-electron chi connectivity index (χ1n) is 15.6. The zero-order valence-corrected chi connectivity index (χ0v) is 25.9. The fourth-order valence-corrected chi connectivity index (χ4v) is 8.06. The molecule has 3 nitrogen and oxygen atoms in total. The molecule has 7 aromatic carbocycles. The maximum atomic E-state index is 12.0. The quantitative estimate of drug-likeness (QED) is 0.145. The SMILES string of the molecule is O=[N+]([O-])c1ccccc1-c1ccc2c(c1)-c1cc(Cl)ccc1C21c2ccc(-c3ccccc3)cc2-c2cc(-c3ccccc3)ccc21. The third-order valence-corrected chi connectivity index (χ3v) is 10.1. The van der Waals surface area contributed by atoms with Gasteiger partial charge in [-0.2, -0.15) is 0 Å². The predicted molar refractivity (Wildman–Crippen MR) is 191 cm³/mol. The van der Waals surface area contributed by atoms with Crippen LogP contribution in [0, 0.1) is 10.1 Å². The lowest BCUT2D eigenvalue weighted by molar-refractivity contribution is -0.384. The van der Waals surface area contributed by atoms with Gasteiger partial charge in [0, 0.05) is 11.1 Å². The zero-order valence-electron chi connectivity index (χ0n) is 25.2. The van der Waals surface area contributed by atoms with E-state index in [1.165, 1.54) is 44.5 Å². The second kappa shape index (κ2) is 10.4. The van der Waals surface area contributed by atoms with Crippen LogP contribution in [0.3, 0.4) is 0 Å². The molecule has 47 heavy (non-hydrogen) atoms. The molecule has 0 unspecified atom stereocenters. The van der Waals surface area contributed by atoms with Gasteiger partial charge in [-0.3, -0.25) is 10.1 Å². The topological polar surface area (TPSA) is 43.1 Å². The smallest absolute Gasteiger partial charge is 0.258 e. The summed E-state index contributed by atoms with van der Waals surface area (Å²) in [4.78, 5) is 11.7. The Balaban J connectivity index is 1.35. The van der Waals surface area contributed by atoms with E-state index in [2.05, 4.69) is 103 Å². The van der Waals surface area contributed by atoms with E-state index in [0.717, 1.165) is 27.8 Å². The van der Waals surface area contributed by atoms with Crippen molar-refractivity contribution in [1.29, 1.82) is 0 Å². The van der Waals surface area contributed by atoms with Crippen LogP contribution in [0.15, 0.2) is 158 Å². The normalized spacial score (nSPS) is 13.1. The van der Waals surface area contributed by atoms with Crippen molar-refractivity contribution in [2.45, 2.75) is 5.41 Å². The molecular formula is C43H26ClNO2. The molecule has 0 atom stereocenters. The minimum Gasteiger partial charge on any atom is -0.258 e. The molecule has 0 aromatic heterocycles. The van der Waals surface area contributed by atoms with Gasteiger partial charge in [-0.05, 0) is 109 Å². The monoisotopic (exact) mass is 623 g/mol. The lowest BCUT2D eigenvalue weighted by Gasteiger charge is -2.30. The first-order valence-corrected chi connectivity index (χ1v) is 16.0. The number of nitro groups is 1. The van der Waals surface area contributed by atoms with Crippen LogP contribution in [0.5, 0.6) is 0 Å². The van der Waals surface area contributed by atoms with Crippen LogP contribution in [0.2, 0.25) is 5.02 Å². The van der Waals surface area contributed by atoms with E-state index < -0.39 is 5.41 Å². The summed E-state index contributed by atoms with van der Waals surface area (Å²) in [6.45, 7) is 0. The first-order chi connectivity index (χ1) is 23.0. The summed E-state index contributed by atoms with van der Waals surface area (Å²) in [5.41, 5.74) is 14.8. The minimum atomic E-state index is -0.578. The number of halogens is 1. The number of fused-ring (bicyclic) bond motifs is 10. The Kier molecular flexibility index (Phi) is 6.08. The highest BCUT2D eigenvalue weighted by Gasteiger charge is 2.52. The van der Waals surface area contributed by atoms with E-state index >= 15 is 0 Å². The Bertz CT molecular complexity index is 2310. The van der Waals surface area contributed by atoms with Crippen LogP contribution >= 0.6 is 11.6 Å². The molecule has 7 aromatic rings. The second-order valence-corrected chi connectivity index (χ2v) is 12.7. The average molecular weight is 624 g/mol. The van der Waals surface area contributed by atoms with Gasteiger partial charge in [-0.25, -0.2) is 0 Å². The molecule has 2 aliphatic rings. The zero-order chi connectivity index (χ0) is 31.7. The largest absolute Gasteiger partial charge is 0.277 e. The Morgan fingerprint density at radius 1 is 0.426 bits per heavy atom. The summed E-state index contributed by atoms with van der Waals surface area (Å²) >= 11 is 6.70. The Morgan fingerprint density at radius 2 is 0.851 bits per heavy atom. The molecule has 0 amide bonds. The van der Waals surface area contributed by atoms with Gasteiger partial charge in [-0.15, -0.1) is 0 Å². The summed E-state index contributed by atoms with van der Waals surface area (Å²) < 4.78 is 0. The minimum absolute atomic E-state index is 0.0879. The fourth-order valence-electron chi connectivity index (χ4n) is 7.88. The van der Waals surface area contributed by atoms with Crippen molar-refractivity contribution in [2.24, 2.45) is 0 Å². The van der Waals surface area contributed by atoms with Crippen LogP contribution in [0.1, 0.15) is 22.3 Å². The molecule has 0 saturated carbocycles. The van der Waals surface area contributed by atoms with Crippen molar-refractivity contribution in [3.05, 3.63) is 195 Å². The number of benzene rings is 7. The van der Waals surface area contributed by atoms with Gasteiger partial charge in [0.1, 0.15) is 0 Å². The van der Waals surface area contributed by atoms with Crippen molar-refractivity contribution < 1.29 is 4.92 Å². The van der Waals surface area contributed by atoms with Crippen molar-refractivity contribution in [3.8, 4) is 55.6 Å². The molecule has 1 spiro atoms. The molecule has 0 radical (unpaired) electrons. The number of nitro benzene ring substituents is 1. The highest BCUT2D eigenvalue weighted by atomic mass is 35.5. The number of para-hydroxylation sites is 1. The molecule has 0 fully saturated rings. The van der Waals surface area contributed by atoms with Crippen molar-refractivity contribution in [1.82, 2.24) is 0 Å². The van der Waals surface area contributed by atoms with E-state index in [4.69, 9.17) is 11.6 Å². The van der Waals surface area contributed by atoms with E-state index in [0.29, 0.717) is 10.6 Å². The standard InChI is InChI=1S/C43H26ClNO2/c44-32-18-22-41-37(26-32)36-25-31(33-13-7-8-14-42(33)45(46)47)17-21-40(36)43(41)38-19-15-29(27-9-3-1-4-10-27)23-34(38)35-24-30(16-20-39(35)43)28-11-5-2-6-12-28/h1-26H. The van der Waals surface area contributed by atoms with Gasteiger partial charge < -0.3 is 0 Å². The van der Waals surface area contributed by atoms with Gasteiger partial charge in [0.05, 0.1) is 15.9 Å². The van der Waals surface area contributed by atoms with Crippen LogP contribution < -0.4 is 0 Å². The highest BCUT2D eigenvalue weighted by Crippen LogP contribution is 2.64. The Labute approximate surface area is 277 Å². The Hall–Kier alpha value is -5.77. The van der Waals surface area contributed by atoms with Crippen molar-refractivity contribution in [2.75, 3.05) is 0 Å². The molecule has 0 bridgehead atoms. The lowest BCUT2D eigenvalue weighted by atomic mass is 9.70. The van der Waals surface area contributed by atoms with Gasteiger partial charge >= 0.3 is 0 Å². The third-order valence-electron chi connectivity index (χ3n) is 9.86. The first kappa shape index (κ1) is 27.5. The molecule has 2 aliphatic carbocycles. The van der Waals surface area contributed by atoms with Crippen LogP contribution in [0.4, 0.5) is 5.69 Å². The third kappa shape index (κ3) is 4.00. The molecule has 9 rings (SSSR count). The summed E-state index contributed by atoms with van der Waals surface area (Å²) in [7, 11) is 0. The van der Waals surface area contributed by atoms with Crippen molar-refractivity contribution >= 4 is 17.3 Å². The summed E-state index contributed by atoms with van der Waals surface area (Å²) in [6, 6.07) is 54.2. The highest BCUT2D eigenvalue weighted by molar-refractivity contribution is 6.31. The summed E-state index contributed by atoms with van der Waals surface area (Å²) in [5.74, 6) is 0. The fraction of sp³-hybridized carbons (Fsp3) is 0.0233. The van der Waals surface area contributed by atoms with Crippen LogP contribution in [0.25, 0.3) is 55.6 Å². The van der Waals surface area contributed by atoms with Gasteiger partial charge in [-0.1, -0.05) is 127 Å². The maximum Gasteiger partial charge on any atom is 0.277 e. The summed E-state index contributed by atoms with van der Waals surface area (Å²) in [6.07, 6.45) is 0. The molecule has 222 valence electrons. The average Bonchev–Trinajstić information content (AvgIpc) is 3.57. The number of hydrogen-bond acceptors (Lipinski definition) is 2. The van der Waals surface area contributed by atoms with Gasteiger partial charge in [0.2, 0.25) is 0 Å². The predicted octanol–water partition coefficient (Wildman–Crippen LogP) is 11.6. The van der Waals surface area contributed by atoms with Gasteiger partial charge in [0.15, 0.2) is 0 Å². The van der Waals surface area contributed by atoms with E-state index in [1.807, 2.05) is 42.5 Å². The van der Waals surface area contributed by atoms with Crippen LogP contribution in [-0.4, -0.2) is 4.92 Å². The van der Waals surface area contributed by atoms with E-state index in [1.54, 1.807) is 12.1 Å². The molecule has 0 heterocycles. The Morgan fingerprint density at radius 3 is 1.38 bits per heavy atom. The molecule has 0 saturated heterocycles. The maximum absolute atomic E-state index is 12.0. The number of nitrogens with zero attached hydrogens (tertiary/aromatic N) is 1. The summed E-state index contributed by atoms with van der Waals surface area (Å²) in [5, 5.41) is 12.7. The number of rotatable bonds is 4. The van der Waals surface area contributed by atoms with E-state index in [-0.39, 0.29) is 10.6 Å². The molecule has 0 N–H and O–H groups in total. The molecule has 0 aliphatic heterocycles. The van der Waals surface area contributed by atoms with Gasteiger partial charge in [0.25, 0.3) is 5.69 Å². The lowest BCUT2D eigenvalue weighted by Crippen LogP contribution is -2.25. The van der Waals surface area contributed by atoms with E-state index in [9.17, 15) is 10.1 Å². The number of hydrogen-bond donors (Lipinski definition) is 0. The van der Waals surface area contributed by atoms with Crippen molar-refractivity contribution in [3.63, 3.8) is 0 Å². The van der Waals surface area contributed by atoms with Crippen LogP contribution in [-0.2, 0) is 5.41 Å².